The van der Waals surface area contributed by atoms with Gasteiger partial charge in [-0.25, -0.2) is 0 Å². The minimum absolute atomic E-state index is 0.489. The highest BCUT2D eigenvalue weighted by Crippen LogP contribution is 2.30. The summed E-state index contributed by atoms with van der Waals surface area (Å²) in [6.07, 6.45) is 2.56. The molecule has 3 unspecified atom stereocenters. The van der Waals surface area contributed by atoms with Crippen molar-refractivity contribution in [3.05, 3.63) is 34.9 Å². The van der Waals surface area contributed by atoms with Gasteiger partial charge in [0.1, 0.15) is 0 Å². The van der Waals surface area contributed by atoms with Crippen LogP contribution < -0.4 is 5.73 Å². The molecule has 2 nitrogen and oxygen atoms in total. The monoisotopic (exact) mass is 260 g/mol. The molecule has 1 aliphatic heterocycles. The van der Waals surface area contributed by atoms with Crippen molar-refractivity contribution in [3.8, 4) is 0 Å². The molecule has 2 rings (SSSR count). The number of aryl methyl sites for hydroxylation is 2. The van der Waals surface area contributed by atoms with Crippen molar-refractivity contribution in [2.24, 2.45) is 11.7 Å². The van der Waals surface area contributed by atoms with Crippen molar-refractivity contribution in [2.45, 2.75) is 52.6 Å². The molecule has 1 aromatic rings. The Labute approximate surface area is 118 Å². The highest BCUT2D eigenvalue weighted by atomic mass is 15.2. The fourth-order valence-electron chi connectivity index (χ4n) is 3.16. The number of nitrogens with two attached hydrogens (primary N) is 1. The molecule has 0 aromatic heterocycles. The molecular formula is C17H28N2. The first-order valence-corrected chi connectivity index (χ1v) is 7.56. The van der Waals surface area contributed by atoms with Crippen molar-refractivity contribution < 1.29 is 0 Å². The predicted molar refractivity (Wildman–Crippen MR) is 82.3 cm³/mol. The Kier molecular flexibility index (Phi) is 4.64. The molecule has 1 heterocycles. The van der Waals surface area contributed by atoms with E-state index in [0.717, 1.165) is 13.1 Å². The Bertz CT molecular complexity index is 427. The molecule has 1 aliphatic rings. The van der Waals surface area contributed by atoms with Crippen LogP contribution >= 0.6 is 0 Å². The molecule has 19 heavy (non-hydrogen) atoms. The van der Waals surface area contributed by atoms with Crippen molar-refractivity contribution in [2.75, 3.05) is 13.1 Å². The van der Waals surface area contributed by atoms with Gasteiger partial charge in [-0.2, -0.15) is 0 Å². The van der Waals surface area contributed by atoms with E-state index >= 15 is 0 Å². The lowest BCUT2D eigenvalue weighted by atomic mass is 9.90. The number of nitrogens with zero attached hydrogens (tertiary/aromatic N) is 1. The molecule has 1 fully saturated rings. The fraction of sp³-hybridized carbons (Fsp3) is 0.647. The van der Waals surface area contributed by atoms with Crippen LogP contribution in [-0.2, 0) is 0 Å². The van der Waals surface area contributed by atoms with Gasteiger partial charge in [0.05, 0.1) is 0 Å². The van der Waals surface area contributed by atoms with Crippen LogP contribution in [0, 0.1) is 19.8 Å². The highest BCUT2D eigenvalue weighted by molar-refractivity contribution is 5.31. The van der Waals surface area contributed by atoms with Gasteiger partial charge in [0, 0.05) is 18.6 Å². The summed E-state index contributed by atoms with van der Waals surface area (Å²) in [5.41, 5.74) is 10.1. The quantitative estimate of drug-likeness (QED) is 0.902. The van der Waals surface area contributed by atoms with E-state index < -0.39 is 0 Å². The van der Waals surface area contributed by atoms with E-state index in [1.165, 1.54) is 29.5 Å². The highest BCUT2D eigenvalue weighted by Gasteiger charge is 2.28. The van der Waals surface area contributed by atoms with Gasteiger partial charge in [0.25, 0.3) is 0 Å². The molecule has 1 saturated heterocycles. The third kappa shape index (κ3) is 3.18. The number of likely N-dealkylation sites (tertiary alicyclic amines) is 1. The van der Waals surface area contributed by atoms with E-state index in [-0.39, 0.29) is 0 Å². The number of benzene rings is 1. The third-order valence-electron chi connectivity index (χ3n) is 4.87. The van der Waals surface area contributed by atoms with Gasteiger partial charge in [-0.1, -0.05) is 18.2 Å². The number of rotatable bonds is 3. The van der Waals surface area contributed by atoms with Crippen LogP contribution in [0.2, 0.25) is 0 Å². The van der Waals surface area contributed by atoms with Crippen molar-refractivity contribution >= 4 is 0 Å². The van der Waals surface area contributed by atoms with E-state index in [4.69, 9.17) is 5.73 Å². The normalized spacial score (nSPS) is 26.4. The SMILES string of the molecule is Cc1ccc(C(C)N2CC(CN)CCC2C)cc1C. The third-order valence-corrected chi connectivity index (χ3v) is 4.87. The number of piperidine rings is 1. The first kappa shape index (κ1) is 14.5. The molecule has 2 heteroatoms. The van der Waals surface area contributed by atoms with Gasteiger partial charge in [0.2, 0.25) is 0 Å². The second kappa shape index (κ2) is 6.06. The van der Waals surface area contributed by atoms with E-state index in [1.54, 1.807) is 0 Å². The lowest BCUT2D eigenvalue weighted by Gasteiger charge is -2.41. The standard InChI is InChI=1S/C17H28N2/c1-12-5-8-17(9-13(12)2)15(4)19-11-16(10-18)7-6-14(19)3/h5,8-9,14-16H,6-7,10-11,18H2,1-4H3. The lowest BCUT2D eigenvalue weighted by Crippen LogP contribution is -2.45. The van der Waals surface area contributed by atoms with Crippen LogP contribution in [0.15, 0.2) is 18.2 Å². The molecule has 3 atom stereocenters. The van der Waals surface area contributed by atoms with Crippen LogP contribution in [0.25, 0.3) is 0 Å². The minimum atomic E-state index is 0.489. The Morgan fingerprint density at radius 1 is 1.26 bits per heavy atom. The largest absolute Gasteiger partial charge is 0.330 e. The van der Waals surface area contributed by atoms with Crippen LogP contribution in [0.4, 0.5) is 0 Å². The fourth-order valence-corrected chi connectivity index (χ4v) is 3.16. The van der Waals surface area contributed by atoms with E-state index in [9.17, 15) is 0 Å². The van der Waals surface area contributed by atoms with Crippen LogP contribution in [0.3, 0.4) is 0 Å². The molecule has 0 amide bonds. The molecule has 0 bridgehead atoms. The van der Waals surface area contributed by atoms with E-state index in [2.05, 4.69) is 50.8 Å². The summed E-state index contributed by atoms with van der Waals surface area (Å²) in [4.78, 5) is 2.63. The Hall–Kier alpha value is -0.860. The molecule has 2 N–H and O–H groups in total. The van der Waals surface area contributed by atoms with Gasteiger partial charge in [-0.3, -0.25) is 4.90 Å². The first-order chi connectivity index (χ1) is 9.02. The molecule has 0 saturated carbocycles. The maximum atomic E-state index is 5.87. The molecule has 0 spiro atoms. The van der Waals surface area contributed by atoms with Crippen LogP contribution in [0.1, 0.15) is 49.4 Å². The van der Waals surface area contributed by atoms with Crippen LogP contribution in [-0.4, -0.2) is 24.0 Å². The van der Waals surface area contributed by atoms with Gasteiger partial charge in [0.15, 0.2) is 0 Å². The zero-order chi connectivity index (χ0) is 14.0. The number of hydrogen-bond donors (Lipinski definition) is 1. The smallest absolute Gasteiger partial charge is 0.0322 e. The Morgan fingerprint density at radius 2 is 2.00 bits per heavy atom. The van der Waals surface area contributed by atoms with Gasteiger partial charge in [-0.05, 0) is 69.7 Å². The van der Waals surface area contributed by atoms with Gasteiger partial charge >= 0.3 is 0 Å². The van der Waals surface area contributed by atoms with E-state index in [1.807, 2.05) is 0 Å². The number of hydrogen-bond acceptors (Lipinski definition) is 2. The second-order valence-corrected chi connectivity index (χ2v) is 6.24. The summed E-state index contributed by atoms with van der Waals surface area (Å²) in [6.45, 7) is 11.0. The van der Waals surface area contributed by atoms with Crippen LogP contribution in [0.5, 0.6) is 0 Å². The molecule has 0 radical (unpaired) electrons. The average molecular weight is 260 g/mol. The summed E-state index contributed by atoms with van der Waals surface area (Å²) in [5.74, 6) is 0.671. The zero-order valence-electron chi connectivity index (χ0n) is 12.8. The zero-order valence-corrected chi connectivity index (χ0v) is 12.8. The molecule has 1 aromatic carbocycles. The molecule has 106 valence electrons. The lowest BCUT2D eigenvalue weighted by molar-refractivity contribution is 0.0812. The first-order valence-electron chi connectivity index (χ1n) is 7.56. The van der Waals surface area contributed by atoms with E-state index in [0.29, 0.717) is 18.0 Å². The predicted octanol–water partition coefficient (Wildman–Crippen LogP) is 3.42. The average Bonchev–Trinajstić information content (AvgIpc) is 2.41. The van der Waals surface area contributed by atoms with Gasteiger partial charge < -0.3 is 5.73 Å². The summed E-state index contributed by atoms with van der Waals surface area (Å²) in [6, 6.07) is 8.03. The van der Waals surface area contributed by atoms with Crippen molar-refractivity contribution in [1.29, 1.82) is 0 Å². The second-order valence-electron chi connectivity index (χ2n) is 6.24. The minimum Gasteiger partial charge on any atom is -0.330 e. The topological polar surface area (TPSA) is 29.3 Å². The molecular weight excluding hydrogens is 232 g/mol. The molecule has 0 aliphatic carbocycles. The Balaban J connectivity index is 2.16. The summed E-state index contributed by atoms with van der Waals surface area (Å²) < 4.78 is 0. The summed E-state index contributed by atoms with van der Waals surface area (Å²) in [7, 11) is 0. The van der Waals surface area contributed by atoms with Gasteiger partial charge in [-0.15, -0.1) is 0 Å². The summed E-state index contributed by atoms with van der Waals surface area (Å²) >= 11 is 0. The van der Waals surface area contributed by atoms with Crippen molar-refractivity contribution in [3.63, 3.8) is 0 Å². The maximum absolute atomic E-state index is 5.87. The van der Waals surface area contributed by atoms with Crippen molar-refractivity contribution in [1.82, 2.24) is 4.90 Å². The summed E-state index contributed by atoms with van der Waals surface area (Å²) in [5, 5.41) is 0. The maximum Gasteiger partial charge on any atom is 0.0322 e. The Morgan fingerprint density at radius 3 is 2.63 bits per heavy atom.